The van der Waals surface area contributed by atoms with Crippen molar-refractivity contribution in [2.24, 2.45) is 5.73 Å². The van der Waals surface area contributed by atoms with Gasteiger partial charge in [-0.2, -0.15) is 0 Å². The molecule has 1 aromatic heterocycles. The predicted octanol–water partition coefficient (Wildman–Crippen LogP) is 4.86. The van der Waals surface area contributed by atoms with Gasteiger partial charge in [-0.3, -0.25) is 4.57 Å². The maximum atomic E-state index is 13.5. The lowest BCUT2D eigenvalue weighted by molar-refractivity contribution is 0.413. The van der Waals surface area contributed by atoms with E-state index in [0.29, 0.717) is 5.75 Å². The van der Waals surface area contributed by atoms with Gasteiger partial charge >= 0.3 is 0 Å². The molecular weight excluding hydrogens is 341 g/mol. The van der Waals surface area contributed by atoms with Crippen molar-refractivity contribution in [3.8, 4) is 22.6 Å². The van der Waals surface area contributed by atoms with Gasteiger partial charge in [0.25, 0.3) is 0 Å². The normalized spacial score (nSPS) is 12.3. The van der Waals surface area contributed by atoms with E-state index in [-0.39, 0.29) is 11.9 Å². The number of fused-ring (bicyclic) bond motifs is 1. The van der Waals surface area contributed by atoms with Gasteiger partial charge in [-0.15, -0.1) is 0 Å². The Morgan fingerprint density at radius 1 is 1.07 bits per heavy atom. The molecule has 0 aliphatic heterocycles. The number of methoxy groups -OCH3 is 1. The van der Waals surface area contributed by atoms with E-state index in [4.69, 9.17) is 10.5 Å². The molecule has 1 atom stereocenters. The van der Waals surface area contributed by atoms with Crippen LogP contribution < -0.4 is 10.5 Å². The van der Waals surface area contributed by atoms with E-state index in [1.54, 1.807) is 19.5 Å². The highest BCUT2D eigenvalue weighted by molar-refractivity contribution is 5.79. The monoisotopic (exact) mass is 361 g/mol. The van der Waals surface area contributed by atoms with Crippen LogP contribution in [0.1, 0.15) is 18.5 Å². The van der Waals surface area contributed by atoms with Crippen molar-refractivity contribution in [3.05, 3.63) is 78.4 Å². The van der Waals surface area contributed by atoms with Crippen LogP contribution in [0.15, 0.2) is 67.0 Å². The third kappa shape index (κ3) is 3.17. The summed E-state index contributed by atoms with van der Waals surface area (Å²) >= 11 is 0. The Labute approximate surface area is 157 Å². The van der Waals surface area contributed by atoms with Crippen molar-refractivity contribution in [1.29, 1.82) is 0 Å². The molecule has 0 radical (unpaired) electrons. The smallest absolute Gasteiger partial charge is 0.129 e. The first-order valence-corrected chi connectivity index (χ1v) is 8.74. The first-order chi connectivity index (χ1) is 13.1. The van der Waals surface area contributed by atoms with E-state index >= 15 is 0 Å². The lowest BCUT2D eigenvalue weighted by Crippen LogP contribution is -2.04. The van der Waals surface area contributed by atoms with Crippen molar-refractivity contribution in [1.82, 2.24) is 9.55 Å². The maximum Gasteiger partial charge on any atom is 0.129 e. The second-order valence-corrected chi connectivity index (χ2v) is 6.55. The van der Waals surface area contributed by atoms with Gasteiger partial charge in [-0.25, -0.2) is 9.37 Å². The van der Waals surface area contributed by atoms with E-state index in [9.17, 15) is 4.39 Å². The minimum atomic E-state index is -0.322. The zero-order valence-corrected chi connectivity index (χ0v) is 15.2. The Morgan fingerprint density at radius 2 is 1.93 bits per heavy atom. The summed E-state index contributed by atoms with van der Waals surface area (Å²) in [5.74, 6) is 0.182. The van der Waals surface area contributed by atoms with E-state index in [2.05, 4.69) is 4.98 Å². The molecule has 4 aromatic rings. The number of ether oxygens (including phenoxy) is 1. The summed E-state index contributed by atoms with van der Waals surface area (Å²) in [7, 11) is 1.54. The SMILES string of the molecule is COc1cc(F)ccc1-c1cccc(-n2cnc3cc([C@H](C)N)ccc32)c1. The summed E-state index contributed by atoms with van der Waals surface area (Å²) in [6, 6.07) is 18.6. The van der Waals surface area contributed by atoms with Crippen LogP contribution in [0.3, 0.4) is 0 Å². The molecule has 1 heterocycles. The molecule has 27 heavy (non-hydrogen) atoms. The van der Waals surface area contributed by atoms with Gasteiger partial charge in [0.15, 0.2) is 0 Å². The quantitative estimate of drug-likeness (QED) is 0.565. The van der Waals surface area contributed by atoms with Crippen molar-refractivity contribution < 1.29 is 9.13 Å². The van der Waals surface area contributed by atoms with Crippen molar-refractivity contribution in [2.75, 3.05) is 7.11 Å². The summed E-state index contributed by atoms with van der Waals surface area (Å²) in [5.41, 5.74) is 11.7. The summed E-state index contributed by atoms with van der Waals surface area (Å²) in [4.78, 5) is 4.52. The average Bonchev–Trinajstić information content (AvgIpc) is 3.11. The highest BCUT2D eigenvalue weighted by Crippen LogP contribution is 2.32. The van der Waals surface area contributed by atoms with Crippen LogP contribution in [0.5, 0.6) is 5.75 Å². The third-order valence-corrected chi connectivity index (χ3v) is 4.70. The number of hydrogen-bond acceptors (Lipinski definition) is 3. The molecule has 0 aliphatic rings. The van der Waals surface area contributed by atoms with Gasteiger partial charge in [0.05, 0.1) is 18.1 Å². The number of rotatable bonds is 4. The summed E-state index contributed by atoms with van der Waals surface area (Å²) < 4.78 is 20.9. The van der Waals surface area contributed by atoms with Gasteiger partial charge in [0.2, 0.25) is 0 Å². The standard InChI is InChI=1S/C22H20FN3O/c1-14(24)15-6-9-21-20(11-15)25-13-26(21)18-5-3-4-16(10-18)19-8-7-17(23)12-22(19)27-2/h3-14H,24H2,1-2H3/t14-/m0/s1. The number of halogens is 1. The van der Waals surface area contributed by atoms with Crippen LogP contribution >= 0.6 is 0 Å². The molecule has 0 fully saturated rings. The molecule has 0 amide bonds. The van der Waals surface area contributed by atoms with Gasteiger partial charge in [0.1, 0.15) is 17.9 Å². The summed E-state index contributed by atoms with van der Waals surface area (Å²) in [6.07, 6.45) is 1.80. The largest absolute Gasteiger partial charge is 0.496 e. The van der Waals surface area contributed by atoms with Gasteiger partial charge < -0.3 is 10.5 Å². The molecule has 4 rings (SSSR count). The van der Waals surface area contributed by atoms with E-state index in [1.165, 1.54) is 12.1 Å². The van der Waals surface area contributed by atoms with Crippen molar-refractivity contribution in [3.63, 3.8) is 0 Å². The fourth-order valence-electron chi connectivity index (χ4n) is 3.25. The molecule has 136 valence electrons. The topological polar surface area (TPSA) is 53.1 Å². The fraction of sp³-hybridized carbons (Fsp3) is 0.136. The van der Waals surface area contributed by atoms with Crippen molar-refractivity contribution >= 4 is 11.0 Å². The van der Waals surface area contributed by atoms with Gasteiger partial charge in [-0.05, 0) is 54.4 Å². The molecule has 4 nitrogen and oxygen atoms in total. The fourth-order valence-corrected chi connectivity index (χ4v) is 3.25. The third-order valence-electron chi connectivity index (χ3n) is 4.70. The van der Waals surface area contributed by atoms with Gasteiger partial charge in [0, 0.05) is 23.4 Å². The molecule has 0 unspecified atom stereocenters. The highest BCUT2D eigenvalue weighted by atomic mass is 19.1. The lowest BCUT2D eigenvalue weighted by Gasteiger charge is -2.11. The maximum absolute atomic E-state index is 13.5. The Morgan fingerprint density at radius 3 is 2.70 bits per heavy atom. The van der Waals surface area contributed by atoms with Gasteiger partial charge in [-0.1, -0.05) is 18.2 Å². The molecule has 5 heteroatoms. The van der Waals surface area contributed by atoms with Crippen molar-refractivity contribution in [2.45, 2.75) is 13.0 Å². The number of nitrogens with zero attached hydrogens (tertiary/aromatic N) is 2. The van der Waals surface area contributed by atoms with E-state index in [0.717, 1.165) is 33.4 Å². The Hall–Kier alpha value is -3.18. The molecule has 0 aliphatic carbocycles. The molecule has 0 spiro atoms. The summed E-state index contributed by atoms with van der Waals surface area (Å²) in [6.45, 7) is 1.96. The average molecular weight is 361 g/mol. The minimum Gasteiger partial charge on any atom is -0.496 e. The summed E-state index contributed by atoms with van der Waals surface area (Å²) in [5, 5.41) is 0. The van der Waals surface area contributed by atoms with Crippen LogP contribution in [0, 0.1) is 5.82 Å². The number of aromatic nitrogens is 2. The van der Waals surface area contributed by atoms with Crippen LogP contribution in [0.2, 0.25) is 0 Å². The highest BCUT2D eigenvalue weighted by Gasteiger charge is 2.11. The lowest BCUT2D eigenvalue weighted by atomic mass is 10.0. The molecule has 0 saturated heterocycles. The van der Waals surface area contributed by atoms with Crippen LogP contribution in [-0.4, -0.2) is 16.7 Å². The Balaban J connectivity index is 1.81. The van der Waals surface area contributed by atoms with Crippen LogP contribution in [0.4, 0.5) is 4.39 Å². The van der Waals surface area contributed by atoms with E-state index in [1.807, 2.05) is 54.0 Å². The molecule has 0 bridgehead atoms. The second kappa shape index (κ2) is 6.85. The Kier molecular flexibility index (Phi) is 4.38. The van der Waals surface area contributed by atoms with E-state index < -0.39 is 0 Å². The Bertz CT molecular complexity index is 1120. The minimum absolute atomic E-state index is 0.0335. The second-order valence-electron chi connectivity index (χ2n) is 6.55. The molecule has 0 saturated carbocycles. The van der Waals surface area contributed by atoms with Crippen LogP contribution in [0.25, 0.3) is 27.8 Å². The zero-order chi connectivity index (χ0) is 19.0. The number of nitrogens with two attached hydrogens (primary N) is 1. The molecular formula is C22H20FN3O. The number of benzene rings is 3. The first-order valence-electron chi connectivity index (χ1n) is 8.74. The predicted molar refractivity (Wildman–Crippen MR) is 106 cm³/mol. The van der Waals surface area contributed by atoms with Crippen LogP contribution in [-0.2, 0) is 0 Å². The first kappa shape index (κ1) is 17.2. The number of hydrogen-bond donors (Lipinski definition) is 1. The zero-order valence-electron chi connectivity index (χ0n) is 15.2. The number of imidazole rings is 1. The molecule has 2 N–H and O–H groups in total. The molecule has 3 aromatic carbocycles.